The number of benzene rings is 1. The van der Waals surface area contributed by atoms with E-state index >= 15 is 0 Å². The summed E-state index contributed by atoms with van der Waals surface area (Å²) in [4.78, 5) is 29.1. The molecule has 8 heteroatoms. The van der Waals surface area contributed by atoms with Crippen LogP contribution in [0, 0.1) is 0 Å². The van der Waals surface area contributed by atoms with Crippen LogP contribution in [0.4, 0.5) is 0 Å². The fourth-order valence-electron chi connectivity index (χ4n) is 2.99. The molecule has 2 aliphatic heterocycles. The smallest absolute Gasteiger partial charge is 0.277 e. The predicted octanol–water partition coefficient (Wildman–Crippen LogP) is 1.86. The van der Waals surface area contributed by atoms with E-state index in [-0.39, 0.29) is 11.3 Å². The molecule has 0 bridgehead atoms. The number of thiocarbonyl (C=S) groups is 1. The Morgan fingerprint density at radius 1 is 1.23 bits per heavy atom. The van der Waals surface area contributed by atoms with Gasteiger partial charge in [-0.1, -0.05) is 12.1 Å². The SMILES string of the molecule is O=C1/C(=C\c2coc3ccccc3c2=O)NC(=S)N1CN1CCSCC1. The lowest BCUT2D eigenvalue weighted by Gasteiger charge is -2.29. The van der Waals surface area contributed by atoms with Crippen molar-refractivity contribution in [2.45, 2.75) is 0 Å². The van der Waals surface area contributed by atoms with Gasteiger partial charge in [0.2, 0.25) is 0 Å². The normalized spacial score (nSPS) is 20.2. The average Bonchev–Trinajstić information content (AvgIpc) is 2.92. The van der Waals surface area contributed by atoms with Crippen molar-refractivity contribution in [3.8, 4) is 0 Å². The highest BCUT2D eigenvalue weighted by Crippen LogP contribution is 2.17. The highest BCUT2D eigenvalue weighted by atomic mass is 32.2. The Morgan fingerprint density at radius 3 is 2.81 bits per heavy atom. The lowest BCUT2D eigenvalue weighted by molar-refractivity contribution is -0.123. The standard InChI is InChI=1S/C18H17N3O3S2/c22-16-12(10-24-15-4-2-1-3-13(15)16)9-14-17(23)21(18(25)19-14)11-20-5-7-26-8-6-20/h1-4,9-10H,5-8,11H2,(H,19,25)/b14-9+. The summed E-state index contributed by atoms with van der Waals surface area (Å²) in [5.41, 5.74) is 0.958. The minimum absolute atomic E-state index is 0.175. The van der Waals surface area contributed by atoms with Gasteiger partial charge >= 0.3 is 0 Å². The van der Waals surface area contributed by atoms with Crippen LogP contribution in [0.3, 0.4) is 0 Å². The third-order valence-electron chi connectivity index (χ3n) is 4.41. The van der Waals surface area contributed by atoms with Gasteiger partial charge in [-0.2, -0.15) is 11.8 Å². The summed E-state index contributed by atoms with van der Waals surface area (Å²) in [6.45, 7) is 2.34. The lowest BCUT2D eigenvalue weighted by atomic mass is 10.1. The first-order valence-electron chi connectivity index (χ1n) is 8.29. The molecule has 3 heterocycles. The van der Waals surface area contributed by atoms with Gasteiger partial charge in [0, 0.05) is 24.6 Å². The van der Waals surface area contributed by atoms with E-state index in [1.54, 1.807) is 29.2 Å². The van der Waals surface area contributed by atoms with Gasteiger partial charge < -0.3 is 9.73 Å². The monoisotopic (exact) mass is 387 g/mol. The van der Waals surface area contributed by atoms with E-state index in [0.29, 0.717) is 34.0 Å². The van der Waals surface area contributed by atoms with Crippen LogP contribution < -0.4 is 10.7 Å². The number of fused-ring (bicyclic) bond motifs is 1. The van der Waals surface area contributed by atoms with E-state index in [1.807, 2.05) is 11.8 Å². The number of nitrogens with one attached hydrogen (secondary N) is 1. The van der Waals surface area contributed by atoms with Gasteiger partial charge in [0.1, 0.15) is 17.5 Å². The van der Waals surface area contributed by atoms with E-state index < -0.39 is 0 Å². The van der Waals surface area contributed by atoms with Gasteiger partial charge in [-0.05, 0) is 30.4 Å². The van der Waals surface area contributed by atoms with Crippen LogP contribution in [0.15, 0.2) is 45.4 Å². The Morgan fingerprint density at radius 2 is 2.00 bits per heavy atom. The van der Waals surface area contributed by atoms with Crippen LogP contribution in [-0.4, -0.2) is 52.1 Å². The minimum atomic E-state index is -0.221. The van der Waals surface area contributed by atoms with E-state index in [0.717, 1.165) is 24.6 Å². The molecule has 2 aromatic rings. The summed E-state index contributed by atoms with van der Waals surface area (Å²) < 4.78 is 5.50. The van der Waals surface area contributed by atoms with Gasteiger partial charge in [-0.15, -0.1) is 0 Å². The van der Waals surface area contributed by atoms with Crippen molar-refractivity contribution in [1.29, 1.82) is 0 Å². The molecule has 2 fully saturated rings. The Kier molecular flexibility index (Phi) is 4.80. The van der Waals surface area contributed by atoms with E-state index in [2.05, 4.69) is 10.2 Å². The van der Waals surface area contributed by atoms with Crippen LogP contribution >= 0.6 is 24.0 Å². The highest BCUT2D eigenvalue weighted by molar-refractivity contribution is 7.99. The molecule has 0 aliphatic carbocycles. The van der Waals surface area contributed by atoms with Crippen LogP contribution in [0.25, 0.3) is 17.0 Å². The van der Waals surface area contributed by atoms with Crippen molar-refractivity contribution >= 4 is 52.0 Å². The first-order valence-corrected chi connectivity index (χ1v) is 9.85. The second kappa shape index (κ2) is 7.22. The van der Waals surface area contributed by atoms with Gasteiger partial charge in [-0.25, -0.2) is 0 Å². The quantitative estimate of drug-likeness (QED) is 0.637. The topological polar surface area (TPSA) is 65.8 Å². The lowest BCUT2D eigenvalue weighted by Crippen LogP contribution is -2.44. The van der Waals surface area contributed by atoms with Crippen molar-refractivity contribution in [2.75, 3.05) is 31.3 Å². The van der Waals surface area contributed by atoms with E-state index in [9.17, 15) is 9.59 Å². The molecule has 1 aromatic heterocycles. The predicted molar refractivity (Wildman–Crippen MR) is 107 cm³/mol. The third-order valence-corrected chi connectivity index (χ3v) is 5.68. The molecule has 2 saturated heterocycles. The van der Waals surface area contributed by atoms with Gasteiger partial charge in [0.25, 0.3) is 5.91 Å². The molecule has 0 atom stereocenters. The zero-order chi connectivity index (χ0) is 18.1. The summed E-state index contributed by atoms with van der Waals surface area (Å²) in [5, 5.41) is 3.77. The van der Waals surface area contributed by atoms with Crippen LogP contribution in [0.5, 0.6) is 0 Å². The molecular formula is C18H17N3O3S2. The number of hydrogen-bond acceptors (Lipinski definition) is 6. The Balaban J connectivity index is 1.60. The van der Waals surface area contributed by atoms with Gasteiger partial charge in [0.15, 0.2) is 10.5 Å². The number of thioether (sulfide) groups is 1. The highest BCUT2D eigenvalue weighted by Gasteiger charge is 2.32. The molecule has 4 rings (SSSR count). The zero-order valence-corrected chi connectivity index (χ0v) is 15.6. The molecule has 0 spiro atoms. The third kappa shape index (κ3) is 3.27. The molecule has 1 N–H and O–H groups in total. The molecule has 0 radical (unpaired) electrons. The first-order chi connectivity index (χ1) is 12.6. The number of carbonyl (C=O) groups excluding carboxylic acids is 1. The Bertz CT molecular complexity index is 964. The molecule has 2 aliphatic rings. The second-order valence-corrected chi connectivity index (χ2v) is 7.72. The van der Waals surface area contributed by atoms with Gasteiger partial charge in [0.05, 0.1) is 17.6 Å². The average molecular weight is 387 g/mol. The Hall–Kier alpha value is -2.16. The van der Waals surface area contributed by atoms with Crippen molar-refractivity contribution in [3.63, 3.8) is 0 Å². The molecular weight excluding hydrogens is 370 g/mol. The first kappa shape index (κ1) is 17.3. The van der Waals surface area contributed by atoms with E-state index in [1.165, 1.54) is 12.3 Å². The number of carbonyl (C=O) groups is 1. The summed E-state index contributed by atoms with van der Waals surface area (Å²) >= 11 is 7.22. The molecule has 1 amide bonds. The fraction of sp³-hybridized carbons (Fsp3) is 0.278. The van der Waals surface area contributed by atoms with Crippen molar-refractivity contribution in [2.24, 2.45) is 0 Å². The van der Waals surface area contributed by atoms with Crippen molar-refractivity contribution in [3.05, 3.63) is 52.0 Å². The summed E-state index contributed by atoms with van der Waals surface area (Å²) in [7, 11) is 0. The maximum absolute atomic E-state index is 12.7. The zero-order valence-electron chi connectivity index (χ0n) is 13.9. The molecule has 134 valence electrons. The van der Waals surface area contributed by atoms with Gasteiger partial charge in [-0.3, -0.25) is 19.4 Å². The van der Waals surface area contributed by atoms with Crippen molar-refractivity contribution in [1.82, 2.24) is 15.1 Å². The largest absolute Gasteiger partial charge is 0.463 e. The van der Waals surface area contributed by atoms with Crippen LogP contribution in [0.1, 0.15) is 5.56 Å². The molecule has 26 heavy (non-hydrogen) atoms. The molecule has 0 saturated carbocycles. The minimum Gasteiger partial charge on any atom is -0.463 e. The number of rotatable bonds is 3. The maximum Gasteiger partial charge on any atom is 0.277 e. The number of amides is 1. The summed E-state index contributed by atoms with van der Waals surface area (Å²) in [5.74, 6) is 1.90. The number of hydrogen-bond donors (Lipinski definition) is 1. The van der Waals surface area contributed by atoms with Crippen molar-refractivity contribution < 1.29 is 9.21 Å². The number of para-hydroxylation sites is 1. The maximum atomic E-state index is 12.7. The number of nitrogens with zero attached hydrogens (tertiary/aromatic N) is 2. The molecule has 0 unspecified atom stereocenters. The van der Waals surface area contributed by atoms with Crippen LogP contribution in [-0.2, 0) is 4.79 Å². The summed E-state index contributed by atoms with van der Waals surface area (Å²) in [6.07, 6.45) is 2.89. The fourth-order valence-corrected chi connectivity index (χ4v) is 4.22. The Labute approximate surface area is 159 Å². The second-order valence-electron chi connectivity index (χ2n) is 6.11. The molecule has 1 aromatic carbocycles. The summed E-state index contributed by atoms with van der Waals surface area (Å²) in [6, 6.07) is 7.03. The van der Waals surface area contributed by atoms with Crippen LogP contribution in [0.2, 0.25) is 0 Å². The molecule has 6 nitrogen and oxygen atoms in total. The van der Waals surface area contributed by atoms with E-state index in [4.69, 9.17) is 16.6 Å².